The van der Waals surface area contributed by atoms with Crippen LogP contribution in [0.15, 0.2) is 42.6 Å². The average molecular weight is 298 g/mol. The lowest BCUT2D eigenvalue weighted by Gasteiger charge is -2.08. The van der Waals surface area contributed by atoms with Crippen LogP contribution in [0.5, 0.6) is 0 Å². The Hall–Kier alpha value is -2.94. The smallest absolute Gasteiger partial charge is 0.222 e. The van der Waals surface area contributed by atoms with E-state index in [-0.39, 0.29) is 17.9 Å². The molecule has 0 aliphatic heterocycles. The fraction of sp³-hybridized carbons (Fsp3) is 0.188. The van der Waals surface area contributed by atoms with Crippen LogP contribution in [0.4, 0.5) is 10.1 Å². The van der Waals surface area contributed by atoms with Crippen molar-refractivity contribution in [2.45, 2.75) is 13.0 Å². The molecule has 0 aliphatic rings. The third-order valence-electron chi connectivity index (χ3n) is 2.96. The molecule has 0 saturated heterocycles. The van der Waals surface area contributed by atoms with E-state index in [1.807, 2.05) is 24.3 Å². The van der Waals surface area contributed by atoms with Gasteiger partial charge in [0.15, 0.2) is 0 Å². The number of hydrogen-bond donors (Lipinski definition) is 2. The summed E-state index contributed by atoms with van der Waals surface area (Å²) in [5.74, 6) is -0.589. The van der Waals surface area contributed by atoms with Crippen molar-refractivity contribution in [3.05, 3.63) is 59.7 Å². The summed E-state index contributed by atoms with van der Waals surface area (Å²) in [5, 5.41) is 14.6. The molecule has 0 aliphatic carbocycles. The molecule has 0 atom stereocenters. The molecule has 0 radical (unpaired) electrons. The largest absolute Gasteiger partial charge is 0.383 e. The van der Waals surface area contributed by atoms with Gasteiger partial charge in [-0.05, 0) is 30.3 Å². The third-order valence-corrected chi connectivity index (χ3v) is 2.96. The van der Waals surface area contributed by atoms with E-state index in [2.05, 4.69) is 15.6 Å². The first kappa shape index (κ1) is 15.4. The number of halogens is 1. The molecule has 2 aromatic rings. The van der Waals surface area contributed by atoms with Crippen molar-refractivity contribution in [3.8, 4) is 6.07 Å². The molecule has 22 heavy (non-hydrogen) atoms. The van der Waals surface area contributed by atoms with E-state index >= 15 is 0 Å². The second kappa shape index (κ2) is 7.74. The Morgan fingerprint density at radius 2 is 2.18 bits per heavy atom. The molecule has 1 aromatic carbocycles. The Kier molecular flexibility index (Phi) is 5.44. The lowest BCUT2D eigenvalue weighted by atomic mass is 10.2. The van der Waals surface area contributed by atoms with Gasteiger partial charge in [-0.25, -0.2) is 4.39 Å². The monoisotopic (exact) mass is 298 g/mol. The van der Waals surface area contributed by atoms with E-state index in [1.54, 1.807) is 6.20 Å². The Bertz CT molecular complexity index is 682. The Balaban J connectivity index is 1.77. The number of nitrogens with zero attached hydrogens (tertiary/aromatic N) is 2. The van der Waals surface area contributed by atoms with Crippen molar-refractivity contribution >= 4 is 11.6 Å². The maximum atomic E-state index is 13.0. The van der Waals surface area contributed by atoms with Gasteiger partial charge < -0.3 is 10.6 Å². The second-order valence-electron chi connectivity index (χ2n) is 4.58. The molecular weight excluding hydrogens is 283 g/mol. The number of benzene rings is 1. The summed E-state index contributed by atoms with van der Waals surface area (Å²) in [5.41, 5.74) is 1.52. The van der Waals surface area contributed by atoms with Crippen LogP contribution < -0.4 is 10.6 Å². The summed E-state index contributed by atoms with van der Waals surface area (Å²) in [7, 11) is 0. The predicted molar refractivity (Wildman–Crippen MR) is 80.3 cm³/mol. The topological polar surface area (TPSA) is 77.8 Å². The number of aromatic nitrogens is 1. The minimum atomic E-state index is -0.463. The number of amides is 1. The van der Waals surface area contributed by atoms with Crippen molar-refractivity contribution in [2.24, 2.45) is 0 Å². The molecular formula is C16H15FN4O. The SMILES string of the molecule is N#Cc1cc(F)ccc1NCCC(=O)NCc1ccccn1. The highest BCUT2D eigenvalue weighted by Crippen LogP contribution is 2.15. The summed E-state index contributed by atoms with van der Waals surface area (Å²) in [4.78, 5) is 15.8. The van der Waals surface area contributed by atoms with E-state index in [9.17, 15) is 9.18 Å². The molecule has 2 rings (SSSR count). The minimum Gasteiger partial charge on any atom is -0.383 e. The highest BCUT2D eigenvalue weighted by molar-refractivity contribution is 5.76. The van der Waals surface area contributed by atoms with Gasteiger partial charge in [0.05, 0.1) is 23.5 Å². The van der Waals surface area contributed by atoms with Crippen molar-refractivity contribution < 1.29 is 9.18 Å². The summed E-state index contributed by atoms with van der Waals surface area (Å²) in [6.07, 6.45) is 1.91. The Labute approximate surface area is 127 Å². The maximum absolute atomic E-state index is 13.0. The van der Waals surface area contributed by atoms with Crippen molar-refractivity contribution in [2.75, 3.05) is 11.9 Å². The van der Waals surface area contributed by atoms with Gasteiger partial charge >= 0.3 is 0 Å². The van der Waals surface area contributed by atoms with Crippen LogP contribution in [0, 0.1) is 17.1 Å². The van der Waals surface area contributed by atoms with E-state index < -0.39 is 5.82 Å². The Morgan fingerprint density at radius 3 is 2.91 bits per heavy atom. The maximum Gasteiger partial charge on any atom is 0.222 e. The second-order valence-corrected chi connectivity index (χ2v) is 4.58. The minimum absolute atomic E-state index is 0.126. The molecule has 6 heteroatoms. The predicted octanol–water partition coefficient (Wildman–Crippen LogP) is 2.21. The summed E-state index contributed by atoms with van der Waals surface area (Å²) in [6, 6.07) is 11.3. The van der Waals surface area contributed by atoms with Crippen LogP contribution in [0.3, 0.4) is 0 Å². The van der Waals surface area contributed by atoms with Gasteiger partial charge in [-0.2, -0.15) is 5.26 Å². The van der Waals surface area contributed by atoms with Crippen molar-refractivity contribution in [1.82, 2.24) is 10.3 Å². The van der Waals surface area contributed by atoms with Crippen LogP contribution in [0.2, 0.25) is 0 Å². The zero-order valence-corrected chi connectivity index (χ0v) is 11.8. The fourth-order valence-electron chi connectivity index (χ4n) is 1.85. The van der Waals surface area contributed by atoms with Gasteiger partial charge in [-0.1, -0.05) is 6.07 Å². The van der Waals surface area contributed by atoms with Gasteiger partial charge in [-0.15, -0.1) is 0 Å². The van der Waals surface area contributed by atoms with E-state index in [0.29, 0.717) is 18.8 Å². The van der Waals surface area contributed by atoms with Crippen LogP contribution in [-0.4, -0.2) is 17.4 Å². The third kappa shape index (κ3) is 4.56. The summed E-state index contributed by atoms with van der Waals surface area (Å²) >= 11 is 0. The van der Waals surface area contributed by atoms with E-state index in [0.717, 1.165) is 11.8 Å². The number of anilines is 1. The number of rotatable bonds is 6. The standard InChI is InChI=1S/C16H15FN4O/c17-13-4-5-15(12(9-13)10-18)20-8-6-16(22)21-11-14-3-1-2-7-19-14/h1-5,7,9,20H,6,8,11H2,(H,21,22). The zero-order chi connectivity index (χ0) is 15.8. The molecule has 0 saturated carbocycles. The number of carbonyl (C=O) groups is 1. The lowest BCUT2D eigenvalue weighted by Crippen LogP contribution is -2.25. The van der Waals surface area contributed by atoms with E-state index in [4.69, 9.17) is 5.26 Å². The Morgan fingerprint density at radius 1 is 1.32 bits per heavy atom. The van der Waals surface area contributed by atoms with E-state index in [1.165, 1.54) is 12.1 Å². The average Bonchev–Trinajstić information content (AvgIpc) is 2.55. The molecule has 1 aromatic heterocycles. The molecule has 1 amide bonds. The van der Waals surface area contributed by atoms with Gasteiger partial charge in [-0.3, -0.25) is 9.78 Å². The quantitative estimate of drug-likeness (QED) is 0.857. The lowest BCUT2D eigenvalue weighted by molar-refractivity contribution is -0.121. The first-order valence-electron chi connectivity index (χ1n) is 6.79. The molecule has 112 valence electrons. The number of pyridine rings is 1. The first-order valence-corrected chi connectivity index (χ1v) is 6.79. The molecule has 0 fully saturated rings. The normalized spacial score (nSPS) is 9.82. The molecule has 0 spiro atoms. The summed E-state index contributed by atoms with van der Waals surface area (Å²) in [6.45, 7) is 0.730. The molecule has 5 nitrogen and oxygen atoms in total. The van der Waals surface area contributed by atoms with Crippen LogP contribution in [0.1, 0.15) is 17.7 Å². The first-order chi connectivity index (χ1) is 10.7. The van der Waals surface area contributed by atoms with Gasteiger partial charge in [0.1, 0.15) is 11.9 Å². The molecule has 1 heterocycles. The van der Waals surface area contributed by atoms with Crippen molar-refractivity contribution in [3.63, 3.8) is 0 Å². The number of hydrogen-bond acceptors (Lipinski definition) is 4. The van der Waals surface area contributed by atoms with Gasteiger partial charge in [0, 0.05) is 19.2 Å². The van der Waals surface area contributed by atoms with Crippen LogP contribution >= 0.6 is 0 Å². The van der Waals surface area contributed by atoms with Crippen LogP contribution in [-0.2, 0) is 11.3 Å². The molecule has 2 N–H and O–H groups in total. The van der Waals surface area contributed by atoms with Crippen LogP contribution in [0.25, 0.3) is 0 Å². The van der Waals surface area contributed by atoms with Gasteiger partial charge in [0.2, 0.25) is 5.91 Å². The zero-order valence-electron chi connectivity index (χ0n) is 11.8. The number of nitriles is 1. The molecule has 0 bridgehead atoms. The summed E-state index contributed by atoms with van der Waals surface area (Å²) < 4.78 is 13.0. The van der Waals surface area contributed by atoms with Crippen molar-refractivity contribution in [1.29, 1.82) is 5.26 Å². The number of nitrogens with one attached hydrogen (secondary N) is 2. The molecule has 0 unspecified atom stereocenters. The highest BCUT2D eigenvalue weighted by atomic mass is 19.1. The number of carbonyl (C=O) groups excluding carboxylic acids is 1. The highest BCUT2D eigenvalue weighted by Gasteiger charge is 2.05. The van der Waals surface area contributed by atoms with Gasteiger partial charge in [0.25, 0.3) is 0 Å². The fourth-order valence-corrected chi connectivity index (χ4v) is 1.85.